The van der Waals surface area contributed by atoms with Crippen LogP contribution in [0.1, 0.15) is 57.4 Å². The van der Waals surface area contributed by atoms with Crippen LogP contribution in [0.25, 0.3) is 0 Å². The summed E-state index contributed by atoms with van der Waals surface area (Å²) in [6, 6.07) is 7.21. The molecule has 0 bridgehead atoms. The highest BCUT2D eigenvalue weighted by Gasteiger charge is 2.09. The van der Waals surface area contributed by atoms with Crippen LogP contribution in [-0.4, -0.2) is 25.5 Å². The van der Waals surface area contributed by atoms with Crippen molar-refractivity contribution in [2.75, 3.05) is 7.11 Å². The fourth-order valence-corrected chi connectivity index (χ4v) is 2.38. The first-order valence-electron chi connectivity index (χ1n) is 8.47. The Morgan fingerprint density at radius 2 is 1.74 bits per heavy atom. The second-order valence-corrected chi connectivity index (χ2v) is 5.75. The number of unbranched alkanes of at least 4 members (excludes halogenated alkanes) is 5. The first kappa shape index (κ1) is 19.2. The van der Waals surface area contributed by atoms with Crippen molar-refractivity contribution in [2.45, 2.75) is 64.4 Å². The van der Waals surface area contributed by atoms with Crippen LogP contribution in [0.15, 0.2) is 24.3 Å². The molecule has 0 saturated carbocycles. The second kappa shape index (κ2) is 11.7. The van der Waals surface area contributed by atoms with Crippen molar-refractivity contribution in [1.82, 2.24) is 0 Å². The molecule has 0 aliphatic heterocycles. The maximum Gasteiger partial charge on any atom is 0.309 e. The molecule has 0 N–H and O–H groups in total. The lowest BCUT2D eigenvalue weighted by Crippen LogP contribution is -2.18. The molecule has 0 amide bonds. The standard InChI is InChI=1S/C19H28O4/c1-3-4-5-6-7-8-9-18(15-20)23-17-12-10-16(11-13-17)14-19(21)22-2/h10-13,15,18H,3-9,14H2,1-2H3. The van der Waals surface area contributed by atoms with Crippen LogP contribution in [0.2, 0.25) is 0 Å². The summed E-state index contributed by atoms with van der Waals surface area (Å²) in [5.41, 5.74) is 0.864. The van der Waals surface area contributed by atoms with Gasteiger partial charge in [0, 0.05) is 0 Å². The van der Waals surface area contributed by atoms with Gasteiger partial charge in [-0.15, -0.1) is 0 Å². The van der Waals surface area contributed by atoms with Gasteiger partial charge in [-0.1, -0.05) is 51.2 Å². The monoisotopic (exact) mass is 320 g/mol. The summed E-state index contributed by atoms with van der Waals surface area (Å²) in [4.78, 5) is 22.3. The molecule has 0 fully saturated rings. The maximum absolute atomic E-state index is 11.2. The molecule has 1 unspecified atom stereocenters. The number of benzene rings is 1. The first-order chi connectivity index (χ1) is 11.2. The van der Waals surface area contributed by atoms with Gasteiger partial charge in [0.15, 0.2) is 12.4 Å². The largest absolute Gasteiger partial charge is 0.483 e. The average Bonchev–Trinajstić information content (AvgIpc) is 2.58. The molecule has 4 nitrogen and oxygen atoms in total. The Labute approximate surface area is 139 Å². The van der Waals surface area contributed by atoms with Crippen LogP contribution in [0, 0.1) is 0 Å². The Morgan fingerprint density at radius 3 is 2.35 bits per heavy atom. The zero-order valence-corrected chi connectivity index (χ0v) is 14.3. The van der Waals surface area contributed by atoms with Gasteiger partial charge < -0.3 is 9.47 Å². The van der Waals surface area contributed by atoms with E-state index >= 15 is 0 Å². The molecule has 0 radical (unpaired) electrons. The van der Waals surface area contributed by atoms with Gasteiger partial charge in [-0.3, -0.25) is 9.59 Å². The number of esters is 1. The average molecular weight is 320 g/mol. The molecule has 23 heavy (non-hydrogen) atoms. The van der Waals surface area contributed by atoms with Crippen molar-refractivity contribution >= 4 is 12.3 Å². The zero-order valence-electron chi connectivity index (χ0n) is 14.3. The minimum Gasteiger partial charge on any atom is -0.483 e. The van der Waals surface area contributed by atoms with Gasteiger partial charge in [-0.25, -0.2) is 0 Å². The van der Waals surface area contributed by atoms with E-state index < -0.39 is 6.10 Å². The molecule has 0 aliphatic rings. The molecule has 1 atom stereocenters. The lowest BCUT2D eigenvalue weighted by atomic mass is 10.1. The summed E-state index contributed by atoms with van der Waals surface area (Å²) >= 11 is 0. The Morgan fingerprint density at radius 1 is 1.09 bits per heavy atom. The molecule has 1 aromatic rings. The summed E-state index contributed by atoms with van der Waals surface area (Å²) in [6.07, 6.45) is 8.63. The third-order valence-corrected chi connectivity index (χ3v) is 3.78. The van der Waals surface area contributed by atoms with Crippen LogP contribution < -0.4 is 4.74 Å². The highest BCUT2D eigenvalue weighted by molar-refractivity contribution is 5.72. The maximum atomic E-state index is 11.2. The fraction of sp³-hybridized carbons (Fsp3) is 0.579. The van der Waals surface area contributed by atoms with Gasteiger partial charge >= 0.3 is 5.97 Å². The Bertz CT molecular complexity index is 453. The second-order valence-electron chi connectivity index (χ2n) is 5.75. The normalized spacial score (nSPS) is 11.7. The molecular weight excluding hydrogens is 292 g/mol. The highest BCUT2D eigenvalue weighted by atomic mass is 16.5. The number of carbonyl (C=O) groups excluding carboxylic acids is 2. The Hall–Kier alpha value is -1.84. The third kappa shape index (κ3) is 8.38. The molecule has 0 aliphatic carbocycles. The SMILES string of the molecule is CCCCCCCCC(C=O)Oc1ccc(CC(=O)OC)cc1. The molecule has 0 saturated heterocycles. The summed E-state index contributed by atoms with van der Waals surface area (Å²) in [6.45, 7) is 2.20. The first-order valence-corrected chi connectivity index (χ1v) is 8.47. The van der Waals surface area contributed by atoms with Crippen LogP contribution >= 0.6 is 0 Å². The van der Waals surface area contributed by atoms with E-state index in [0.717, 1.165) is 31.1 Å². The lowest BCUT2D eigenvalue weighted by molar-refractivity contribution is -0.139. The summed E-state index contributed by atoms with van der Waals surface area (Å²) < 4.78 is 10.3. The van der Waals surface area contributed by atoms with E-state index in [0.29, 0.717) is 5.75 Å². The Kier molecular flexibility index (Phi) is 9.76. The molecule has 0 spiro atoms. The number of carbonyl (C=O) groups is 2. The predicted molar refractivity (Wildman–Crippen MR) is 90.6 cm³/mol. The summed E-state index contributed by atoms with van der Waals surface area (Å²) in [7, 11) is 1.37. The molecule has 0 aromatic heterocycles. The number of rotatable bonds is 12. The van der Waals surface area contributed by atoms with Crippen molar-refractivity contribution in [1.29, 1.82) is 0 Å². The Balaban J connectivity index is 2.34. The number of hydrogen-bond acceptors (Lipinski definition) is 4. The van der Waals surface area contributed by atoms with Gasteiger partial charge in [0.05, 0.1) is 13.5 Å². The zero-order chi connectivity index (χ0) is 16.9. The quantitative estimate of drug-likeness (QED) is 0.330. The number of hydrogen-bond donors (Lipinski definition) is 0. The lowest BCUT2D eigenvalue weighted by Gasteiger charge is -2.13. The molecule has 0 heterocycles. The third-order valence-electron chi connectivity index (χ3n) is 3.78. The minimum absolute atomic E-state index is 0.242. The summed E-state index contributed by atoms with van der Waals surface area (Å²) in [5, 5.41) is 0. The fourth-order valence-electron chi connectivity index (χ4n) is 2.38. The van der Waals surface area contributed by atoms with Gasteiger partial charge in [0.1, 0.15) is 5.75 Å². The van der Waals surface area contributed by atoms with E-state index in [-0.39, 0.29) is 12.4 Å². The molecule has 1 rings (SSSR count). The molecular formula is C19H28O4. The van der Waals surface area contributed by atoms with E-state index in [1.807, 2.05) is 12.1 Å². The van der Waals surface area contributed by atoms with Crippen molar-refractivity contribution in [3.8, 4) is 5.75 Å². The predicted octanol–water partition coefficient (Wildman–Crippen LogP) is 4.10. The van der Waals surface area contributed by atoms with Crippen LogP contribution in [-0.2, 0) is 20.7 Å². The van der Waals surface area contributed by atoms with E-state index in [2.05, 4.69) is 11.7 Å². The van der Waals surface area contributed by atoms with E-state index in [4.69, 9.17) is 4.74 Å². The van der Waals surface area contributed by atoms with Gasteiger partial charge in [-0.2, -0.15) is 0 Å². The smallest absolute Gasteiger partial charge is 0.309 e. The van der Waals surface area contributed by atoms with Gasteiger partial charge in [0.25, 0.3) is 0 Å². The molecule has 128 valence electrons. The number of ether oxygens (including phenoxy) is 2. The van der Waals surface area contributed by atoms with Gasteiger partial charge in [0.2, 0.25) is 0 Å². The van der Waals surface area contributed by atoms with Crippen molar-refractivity contribution in [3.05, 3.63) is 29.8 Å². The van der Waals surface area contributed by atoms with E-state index in [9.17, 15) is 9.59 Å². The number of methoxy groups -OCH3 is 1. The topological polar surface area (TPSA) is 52.6 Å². The van der Waals surface area contributed by atoms with Crippen molar-refractivity contribution in [2.24, 2.45) is 0 Å². The van der Waals surface area contributed by atoms with Crippen molar-refractivity contribution in [3.63, 3.8) is 0 Å². The van der Waals surface area contributed by atoms with Crippen molar-refractivity contribution < 1.29 is 19.1 Å². The van der Waals surface area contributed by atoms with Crippen LogP contribution in [0.4, 0.5) is 0 Å². The van der Waals surface area contributed by atoms with E-state index in [1.165, 1.54) is 32.8 Å². The minimum atomic E-state index is -0.396. The van der Waals surface area contributed by atoms with Crippen LogP contribution in [0.5, 0.6) is 5.75 Å². The van der Waals surface area contributed by atoms with E-state index in [1.54, 1.807) is 12.1 Å². The molecule has 1 aromatic carbocycles. The summed E-state index contributed by atoms with van der Waals surface area (Å²) in [5.74, 6) is 0.384. The van der Waals surface area contributed by atoms with Gasteiger partial charge in [-0.05, 0) is 30.5 Å². The highest BCUT2D eigenvalue weighted by Crippen LogP contribution is 2.17. The molecule has 4 heteroatoms. The van der Waals surface area contributed by atoms with Crippen LogP contribution in [0.3, 0.4) is 0 Å². The number of aldehydes is 1.